The van der Waals surface area contributed by atoms with Gasteiger partial charge < -0.3 is 11.1 Å². The monoisotopic (exact) mass is 338 g/mol. The first kappa shape index (κ1) is 15.3. The summed E-state index contributed by atoms with van der Waals surface area (Å²) >= 11 is 2.95. The van der Waals surface area contributed by atoms with Crippen LogP contribution in [-0.4, -0.2) is 26.3 Å². The van der Waals surface area contributed by atoms with E-state index in [-0.39, 0.29) is 5.91 Å². The fourth-order valence-electron chi connectivity index (χ4n) is 2.71. The highest BCUT2D eigenvalue weighted by molar-refractivity contribution is 7.15. The van der Waals surface area contributed by atoms with Crippen LogP contribution in [0.5, 0.6) is 0 Å². The highest BCUT2D eigenvalue weighted by atomic mass is 32.1. The second-order valence-corrected chi connectivity index (χ2v) is 7.44. The fourth-order valence-corrected chi connectivity index (χ4v) is 4.37. The summed E-state index contributed by atoms with van der Waals surface area (Å²) in [5.74, 6) is 0.730. The standard InChI is InChI=1S/C13H18N6OS2/c1-2-9(20)15-13-19-17-11(22-13)8-5-3-4-7(6-8)10-16-18-12(14)21-10/h7-8H,2-6H2,1H3,(H2,14,18)(H,15,19,20)/t7?,8-/m0/s1. The van der Waals surface area contributed by atoms with Gasteiger partial charge in [-0.3, -0.25) is 4.79 Å². The van der Waals surface area contributed by atoms with Crippen LogP contribution in [-0.2, 0) is 4.79 Å². The summed E-state index contributed by atoms with van der Waals surface area (Å²) in [7, 11) is 0. The Bertz CT molecular complexity index is 655. The summed E-state index contributed by atoms with van der Waals surface area (Å²) in [6.07, 6.45) is 4.78. The zero-order valence-electron chi connectivity index (χ0n) is 12.3. The van der Waals surface area contributed by atoms with Gasteiger partial charge in [-0.25, -0.2) is 0 Å². The van der Waals surface area contributed by atoms with E-state index in [9.17, 15) is 4.79 Å². The molecule has 0 aliphatic heterocycles. The molecule has 1 saturated carbocycles. The van der Waals surface area contributed by atoms with Gasteiger partial charge in [0, 0.05) is 18.3 Å². The SMILES string of the molecule is CCC(=O)Nc1nnc([C@H]2CCCC(c3nnc(N)s3)C2)s1. The molecule has 2 aromatic heterocycles. The smallest absolute Gasteiger partial charge is 0.225 e. The van der Waals surface area contributed by atoms with Crippen molar-refractivity contribution in [3.8, 4) is 0 Å². The van der Waals surface area contributed by atoms with Crippen LogP contribution in [0.4, 0.5) is 10.3 Å². The number of aromatic nitrogens is 4. The number of anilines is 2. The third-order valence-corrected chi connectivity index (χ3v) is 5.75. The molecule has 1 amide bonds. The molecule has 1 unspecified atom stereocenters. The van der Waals surface area contributed by atoms with Gasteiger partial charge in [0.15, 0.2) is 0 Å². The van der Waals surface area contributed by atoms with Gasteiger partial charge in [-0.05, 0) is 19.3 Å². The minimum atomic E-state index is -0.0337. The number of nitrogen functional groups attached to an aromatic ring is 1. The molecule has 0 aromatic carbocycles. The van der Waals surface area contributed by atoms with Gasteiger partial charge in [0.1, 0.15) is 10.0 Å². The first-order chi connectivity index (χ1) is 10.7. The predicted molar refractivity (Wildman–Crippen MR) is 87.1 cm³/mol. The van der Waals surface area contributed by atoms with Crippen LogP contribution in [0.15, 0.2) is 0 Å². The molecule has 118 valence electrons. The van der Waals surface area contributed by atoms with Gasteiger partial charge in [0.25, 0.3) is 0 Å². The highest BCUT2D eigenvalue weighted by Gasteiger charge is 2.29. The van der Waals surface area contributed by atoms with E-state index in [1.54, 1.807) is 0 Å². The maximum Gasteiger partial charge on any atom is 0.225 e. The van der Waals surface area contributed by atoms with Gasteiger partial charge >= 0.3 is 0 Å². The number of nitrogens with two attached hydrogens (primary N) is 1. The second-order valence-electron chi connectivity index (χ2n) is 5.39. The summed E-state index contributed by atoms with van der Waals surface area (Å²) in [4.78, 5) is 11.4. The maximum atomic E-state index is 11.4. The van der Waals surface area contributed by atoms with Crippen LogP contribution >= 0.6 is 22.7 Å². The molecule has 1 aliphatic carbocycles. The van der Waals surface area contributed by atoms with Crippen LogP contribution in [0.1, 0.15) is 60.9 Å². The lowest BCUT2D eigenvalue weighted by Crippen LogP contribution is -2.12. The Morgan fingerprint density at radius 3 is 2.50 bits per heavy atom. The summed E-state index contributed by atoms with van der Waals surface area (Å²) in [6, 6.07) is 0. The van der Waals surface area contributed by atoms with Gasteiger partial charge in [0.05, 0.1) is 0 Å². The van der Waals surface area contributed by atoms with Gasteiger partial charge in [0.2, 0.25) is 16.2 Å². The minimum absolute atomic E-state index is 0.0337. The first-order valence-electron chi connectivity index (χ1n) is 7.37. The van der Waals surface area contributed by atoms with Crippen LogP contribution in [0.25, 0.3) is 0 Å². The van der Waals surface area contributed by atoms with Crippen molar-refractivity contribution in [1.82, 2.24) is 20.4 Å². The largest absolute Gasteiger partial charge is 0.374 e. The molecule has 1 fully saturated rings. The van der Waals surface area contributed by atoms with E-state index < -0.39 is 0 Å². The lowest BCUT2D eigenvalue weighted by atomic mass is 9.82. The van der Waals surface area contributed by atoms with E-state index in [1.807, 2.05) is 6.92 Å². The molecule has 0 saturated heterocycles. The zero-order valence-corrected chi connectivity index (χ0v) is 13.9. The molecule has 3 N–H and O–H groups in total. The third-order valence-electron chi connectivity index (χ3n) is 3.84. The van der Waals surface area contributed by atoms with Crippen molar-refractivity contribution in [3.63, 3.8) is 0 Å². The number of nitrogens with zero attached hydrogens (tertiary/aromatic N) is 4. The average molecular weight is 338 g/mol. The van der Waals surface area contributed by atoms with Crippen molar-refractivity contribution >= 4 is 38.8 Å². The molecule has 9 heteroatoms. The quantitative estimate of drug-likeness (QED) is 0.887. The average Bonchev–Trinajstić information content (AvgIpc) is 3.16. The lowest BCUT2D eigenvalue weighted by Gasteiger charge is -2.25. The Morgan fingerprint density at radius 2 is 1.86 bits per heavy atom. The highest BCUT2D eigenvalue weighted by Crippen LogP contribution is 2.43. The lowest BCUT2D eigenvalue weighted by molar-refractivity contribution is -0.115. The van der Waals surface area contributed by atoms with E-state index in [0.29, 0.717) is 28.5 Å². The molecule has 2 heterocycles. The Balaban J connectivity index is 1.68. The zero-order chi connectivity index (χ0) is 15.5. The van der Waals surface area contributed by atoms with E-state index in [0.717, 1.165) is 35.7 Å². The van der Waals surface area contributed by atoms with E-state index in [2.05, 4.69) is 25.7 Å². The number of hydrogen-bond donors (Lipinski definition) is 2. The van der Waals surface area contributed by atoms with Crippen molar-refractivity contribution in [1.29, 1.82) is 0 Å². The number of carbonyl (C=O) groups excluding carboxylic acids is 1. The number of carbonyl (C=O) groups is 1. The van der Waals surface area contributed by atoms with Crippen molar-refractivity contribution < 1.29 is 4.79 Å². The number of hydrogen-bond acceptors (Lipinski definition) is 8. The third kappa shape index (κ3) is 3.41. The molecule has 0 bridgehead atoms. The number of nitrogens with one attached hydrogen (secondary N) is 1. The molecular formula is C13H18N6OS2. The molecule has 3 rings (SSSR count). The Kier molecular flexibility index (Phi) is 4.63. The summed E-state index contributed by atoms with van der Waals surface area (Å²) in [6.45, 7) is 1.82. The first-order valence-corrected chi connectivity index (χ1v) is 9.01. The predicted octanol–water partition coefficient (Wildman–Crippen LogP) is 2.76. The van der Waals surface area contributed by atoms with Gasteiger partial charge in [-0.2, -0.15) is 0 Å². The van der Waals surface area contributed by atoms with E-state index >= 15 is 0 Å². The summed E-state index contributed by atoms with van der Waals surface area (Å²) in [5, 5.41) is 22.3. The van der Waals surface area contributed by atoms with Crippen LogP contribution in [0.3, 0.4) is 0 Å². The molecule has 0 spiro atoms. The van der Waals surface area contributed by atoms with Crippen LogP contribution in [0.2, 0.25) is 0 Å². The van der Waals surface area contributed by atoms with Gasteiger partial charge in [-0.15, -0.1) is 20.4 Å². The maximum absolute atomic E-state index is 11.4. The Labute approximate surface area is 136 Å². The second kappa shape index (κ2) is 6.66. The molecule has 22 heavy (non-hydrogen) atoms. The molecule has 7 nitrogen and oxygen atoms in total. The Morgan fingerprint density at radius 1 is 1.18 bits per heavy atom. The normalized spacial score (nSPS) is 21.7. The number of rotatable bonds is 4. The minimum Gasteiger partial charge on any atom is -0.374 e. The van der Waals surface area contributed by atoms with E-state index in [1.165, 1.54) is 22.7 Å². The Hall–Kier alpha value is -1.61. The van der Waals surface area contributed by atoms with Gasteiger partial charge in [-0.1, -0.05) is 36.0 Å². The number of amides is 1. The van der Waals surface area contributed by atoms with Crippen molar-refractivity contribution in [2.45, 2.75) is 50.9 Å². The topological polar surface area (TPSA) is 107 Å². The molecular weight excluding hydrogens is 320 g/mol. The van der Waals surface area contributed by atoms with Crippen LogP contribution < -0.4 is 11.1 Å². The summed E-state index contributed by atoms with van der Waals surface area (Å²) in [5.41, 5.74) is 5.68. The van der Waals surface area contributed by atoms with Crippen molar-refractivity contribution in [2.24, 2.45) is 0 Å². The fraction of sp³-hybridized carbons (Fsp3) is 0.615. The molecule has 2 aromatic rings. The molecule has 1 aliphatic rings. The molecule has 2 atom stereocenters. The van der Waals surface area contributed by atoms with Crippen molar-refractivity contribution in [2.75, 3.05) is 11.1 Å². The van der Waals surface area contributed by atoms with Crippen molar-refractivity contribution in [3.05, 3.63) is 10.0 Å². The van der Waals surface area contributed by atoms with Crippen LogP contribution in [0, 0.1) is 0 Å². The summed E-state index contributed by atoms with van der Waals surface area (Å²) < 4.78 is 0. The molecule has 0 radical (unpaired) electrons. The van der Waals surface area contributed by atoms with E-state index in [4.69, 9.17) is 5.73 Å².